The number of ketones is 2. The Bertz CT molecular complexity index is 1430. The second kappa shape index (κ2) is 9.39. The Morgan fingerprint density at radius 3 is 2.37 bits per heavy atom. The van der Waals surface area contributed by atoms with E-state index >= 15 is 0 Å². The molecule has 4 aliphatic rings. The van der Waals surface area contributed by atoms with Crippen molar-refractivity contribution in [2.45, 2.75) is 12.8 Å². The molecule has 196 valence electrons. The zero-order valence-electron chi connectivity index (χ0n) is 20.4. The van der Waals surface area contributed by atoms with Gasteiger partial charge in [-0.3, -0.25) is 19.2 Å². The highest BCUT2D eigenvalue weighted by Crippen LogP contribution is 2.53. The molecule has 0 bridgehead atoms. The molecule has 3 N–H and O–H groups in total. The fourth-order valence-corrected chi connectivity index (χ4v) is 6.37. The number of hydrogen-bond acceptors (Lipinski definition) is 8. The second-order valence-electron chi connectivity index (χ2n) is 9.42. The van der Waals surface area contributed by atoms with Gasteiger partial charge in [-0.25, -0.2) is 4.79 Å². The van der Waals surface area contributed by atoms with Crippen LogP contribution in [-0.2, 0) is 19.2 Å². The molecule has 10 nitrogen and oxygen atoms in total. The van der Waals surface area contributed by atoms with Crippen molar-refractivity contribution in [3.8, 4) is 17.2 Å². The smallest absolute Gasteiger partial charge is 0.328 e. The normalized spacial score (nSPS) is 26.7. The van der Waals surface area contributed by atoms with Crippen LogP contribution in [0.2, 0.25) is 0 Å². The van der Waals surface area contributed by atoms with Gasteiger partial charge in [0.1, 0.15) is 0 Å². The maximum absolute atomic E-state index is 13.2. The molecule has 1 fully saturated rings. The monoisotopic (exact) mass is 582 g/mol. The zero-order chi connectivity index (χ0) is 27.5. The summed E-state index contributed by atoms with van der Waals surface area (Å²) in [5.74, 6) is -4.73. The van der Waals surface area contributed by atoms with Crippen molar-refractivity contribution in [3.05, 3.63) is 57.1 Å². The van der Waals surface area contributed by atoms with E-state index in [1.54, 1.807) is 24.3 Å². The summed E-state index contributed by atoms with van der Waals surface area (Å²) in [6, 6.07) is 2.04. The number of methoxy groups -OCH3 is 2. The molecule has 0 saturated carbocycles. The summed E-state index contributed by atoms with van der Waals surface area (Å²) in [4.78, 5) is 64.7. The molecule has 38 heavy (non-hydrogen) atoms. The van der Waals surface area contributed by atoms with E-state index in [0.29, 0.717) is 16.0 Å². The van der Waals surface area contributed by atoms with Gasteiger partial charge in [0, 0.05) is 23.1 Å². The Morgan fingerprint density at radius 1 is 1.11 bits per heavy atom. The topological polar surface area (TPSA) is 153 Å². The van der Waals surface area contributed by atoms with Crippen LogP contribution in [0, 0.1) is 23.7 Å². The van der Waals surface area contributed by atoms with Crippen molar-refractivity contribution in [2.24, 2.45) is 29.4 Å². The van der Waals surface area contributed by atoms with Crippen molar-refractivity contribution in [1.82, 2.24) is 4.90 Å². The molecule has 1 saturated heterocycles. The number of imide groups is 3. The minimum absolute atomic E-state index is 0.0761. The van der Waals surface area contributed by atoms with Gasteiger partial charge in [-0.05, 0) is 52.4 Å². The minimum atomic E-state index is -1.13. The van der Waals surface area contributed by atoms with E-state index in [0.717, 1.165) is 5.57 Å². The van der Waals surface area contributed by atoms with Crippen molar-refractivity contribution >= 4 is 51.4 Å². The second-order valence-corrected chi connectivity index (χ2v) is 10.3. The third kappa shape index (κ3) is 3.80. The van der Waals surface area contributed by atoms with Gasteiger partial charge in [0.05, 0.1) is 30.5 Å². The molecule has 1 aliphatic heterocycles. The number of phenols is 1. The van der Waals surface area contributed by atoms with E-state index in [-0.39, 0.29) is 51.7 Å². The molecule has 5 rings (SSSR count). The first-order chi connectivity index (χ1) is 18.1. The number of allylic oxidation sites excluding steroid dienone is 7. The number of phenolic OH excluding ortho intramolecular Hbond substituents is 1. The van der Waals surface area contributed by atoms with Crippen LogP contribution in [-0.4, -0.2) is 53.6 Å². The summed E-state index contributed by atoms with van der Waals surface area (Å²) in [5, 5.41) is 10.2. The van der Waals surface area contributed by atoms with Crippen LogP contribution in [0.1, 0.15) is 18.4 Å². The lowest BCUT2D eigenvalue weighted by Crippen LogP contribution is -2.42. The van der Waals surface area contributed by atoms with Crippen LogP contribution in [0.3, 0.4) is 0 Å². The average molecular weight is 583 g/mol. The predicted octanol–water partition coefficient (Wildman–Crippen LogP) is 2.80. The minimum Gasteiger partial charge on any atom is -0.502 e. The van der Waals surface area contributed by atoms with Crippen molar-refractivity contribution in [2.75, 3.05) is 14.2 Å². The Morgan fingerprint density at radius 2 is 1.76 bits per heavy atom. The molecule has 3 aliphatic carbocycles. The van der Waals surface area contributed by atoms with Gasteiger partial charge in [-0.1, -0.05) is 23.8 Å². The summed E-state index contributed by atoms with van der Waals surface area (Å²) in [7, 11) is 2.81. The molecule has 11 heteroatoms. The van der Waals surface area contributed by atoms with E-state index in [4.69, 9.17) is 15.2 Å². The number of halogens is 1. The molecule has 0 spiro atoms. The number of nitrogens with zero attached hydrogens (tertiary/aromatic N) is 1. The maximum atomic E-state index is 13.2. The molecule has 4 amide bonds. The number of nitrogens with two attached hydrogens (primary N) is 1. The number of urea groups is 1. The number of amides is 4. The maximum Gasteiger partial charge on any atom is 0.328 e. The van der Waals surface area contributed by atoms with E-state index in [1.807, 2.05) is 6.08 Å². The highest BCUT2D eigenvalue weighted by atomic mass is 79.9. The molecule has 0 radical (unpaired) electrons. The number of hydrogen-bond donors (Lipinski definition) is 2. The van der Waals surface area contributed by atoms with Crippen LogP contribution in [0.4, 0.5) is 4.79 Å². The molecule has 1 aromatic rings. The molecular weight excluding hydrogens is 560 g/mol. The van der Waals surface area contributed by atoms with E-state index in [2.05, 4.69) is 15.9 Å². The SMILES string of the molecule is COc1cc(C=C[C@H]2C3=CC[C@@H]4C(=O)N(C(N)=O)C(=O)[C@@H]4[C@@H]3CC3=C2C(=O)C=C(Br)C3=O)cc(OC)c1O. The molecule has 1 heterocycles. The number of Topliss-reactive ketones (excluding diaryl/α,β-unsaturated/α-hetero) is 1. The van der Waals surface area contributed by atoms with Crippen LogP contribution in [0.5, 0.6) is 17.2 Å². The van der Waals surface area contributed by atoms with Crippen molar-refractivity contribution in [1.29, 1.82) is 0 Å². The van der Waals surface area contributed by atoms with Crippen molar-refractivity contribution in [3.63, 3.8) is 0 Å². The van der Waals surface area contributed by atoms with Gasteiger partial charge in [-0.15, -0.1) is 0 Å². The van der Waals surface area contributed by atoms with E-state index < -0.39 is 41.5 Å². The number of likely N-dealkylation sites (tertiary alicyclic amines) is 1. The number of primary amides is 1. The first-order valence-corrected chi connectivity index (χ1v) is 12.6. The molecular formula is C27H23BrN2O8. The molecule has 0 unspecified atom stereocenters. The largest absolute Gasteiger partial charge is 0.502 e. The van der Waals surface area contributed by atoms with Crippen LogP contribution in [0.15, 0.2) is 51.6 Å². The molecule has 0 aromatic heterocycles. The summed E-state index contributed by atoms with van der Waals surface area (Å²) in [5.41, 5.74) is 7.20. The lowest BCUT2D eigenvalue weighted by atomic mass is 9.61. The van der Waals surface area contributed by atoms with Crippen LogP contribution < -0.4 is 15.2 Å². The standard InChI is InChI=1S/C27H23BrN2O8/c1-37-19-7-11(8-20(38-2)24(19)33)3-4-13-12-5-6-14-22(26(35)30(25(14)34)27(29)36)15(12)9-16-21(13)18(31)10-17(28)23(16)32/h3-5,7-8,10,13-15,22,33H,6,9H2,1-2H3,(H2,29,36)/t13-,14-,15+,22-/m0/s1. The zero-order valence-corrected chi connectivity index (χ0v) is 22.0. The van der Waals surface area contributed by atoms with Gasteiger partial charge in [0.25, 0.3) is 0 Å². The lowest BCUT2D eigenvalue weighted by molar-refractivity contribution is -0.136. The summed E-state index contributed by atoms with van der Waals surface area (Å²) < 4.78 is 10.6. The predicted molar refractivity (Wildman–Crippen MR) is 137 cm³/mol. The van der Waals surface area contributed by atoms with Gasteiger partial charge in [-0.2, -0.15) is 4.90 Å². The fourth-order valence-electron chi connectivity index (χ4n) is 5.92. The fraction of sp³-hybridized carbons (Fsp3) is 0.296. The van der Waals surface area contributed by atoms with Gasteiger partial charge < -0.3 is 20.3 Å². The van der Waals surface area contributed by atoms with Gasteiger partial charge >= 0.3 is 6.03 Å². The Labute approximate surface area is 225 Å². The Balaban J connectivity index is 1.62. The highest BCUT2D eigenvalue weighted by molar-refractivity contribution is 9.12. The Hall–Kier alpha value is -3.99. The van der Waals surface area contributed by atoms with Crippen LogP contribution in [0.25, 0.3) is 6.08 Å². The third-order valence-electron chi connectivity index (χ3n) is 7.58. The Kier molecular flexibility index (Phi) is 6.34. The number of ether oxygens (including phenoxy) is 2. The summed E-state index contributed by atoms with van der Waals surface area (Å²) in [6.45, 7) is 0. The van der Waals surface area contributed by atoms with Crippen molar-refractivity contribution < 1.29 is 38.6 Å². The first kappa shape index (κ1) is 25.7. The number of carbonyl (C=O) groups excluding carboxylic acids is 5. The quantitative estimate of drug-likeness (QED) is 0.312. The average Bonchev–Trinajstić information content (AvgIpc) is 3.15. The van der Waals surface area contributed by atoms with Gasteiger partial charge in [0.15, 0.2) is 23.1 Å². The number of aromatic hydroxyl groups is 1. The van der Waals surface area contributed by atoms with E-state index in [9.17, 15) is 29.1 Å². The van der Waals surface area contributed by atoms with Crippen LogP contribution >= 0.6 is 15.9 Å². The highest BCUT2D eigenvalue weighted by Gasteiger charge is 2.57. The number of rotatable bonds is 4. The molecule has 4 atom stereocenters. The summed E-state index contributed by atoms with van der Waals surface area (Å²) >= 11 is 3.17. The number of fused-ring (bicyclic) bond motifs is 3. The number of carbonyl (C=O) groups is 5. The molecule has 1 aromatic carbocycles. The van der Waals surface area contributed by atoms with E-state index in [1.165, 1.54) is 20.3 Å². The first-order valence-electron chi connectivity index (χ1n) is 11.8. The number of benzene rings is 1. The lowest BCUT2D eigenvalue weighted by Gasteiger charge is -2.41. The van der Waals surface area contributed by atoms with Gasteiger partial charge in [0.2, 0.25) is 17.6 Å². The third-order valence-corrected chi connectivity index (χ3v) is 8.17. The summed E-state index contributed by atoms with van der Waals surface area (Å²) in [6.07, 6.45) is 6.78.